The highest BCUT2D eigenvalue weighted by atomic mass is 16.5. The van der Waals surface area contributed by atoms with Gasteiger partial charge in [0.1, 0.15) is 0 Å². The van der Waals surface area contributed by atoms with Gasteiger partial charge in [-0.05, 0) is 52.7 Å². The van der Waals surface area contributed by atoms with E-state index in [0.717, 1.165) is 38.9 Å². The highest BCUT2D eigenvalue weighted by Gasteiger charge is 2.17. The van der Waals surface area contributed by atoms with Crippen LogP contribution in [0.4, 0.5) is 0 Å². The maximum absolute atomic E-state index is 6.11. The van der Waals surface area contributed by atoms with Crippen LogP contribution < -0.4 is 5.73 Å². The molecule has 0 bridgehead atoms. The molecule has 0 spiro atoms. The van der Waals surface area contributed by atoms with Crippen LogP contribution in [-0.2, 0) is 4.74 Å². The molecule has 0 heterocycles. The van der Waals surface area contributed by atoms with Crippen LogP contribution in [0.2, 0.25) is 0 Å². The third kappa shape index (κ3) is 7.20. The third-order valence-corrected chi connectivity index (χ3v) is 3.38. The van der Waals surface area contributed by atoms with Gasteiger partial charge in [0, 0.05) is 13.2 Å². The van der Waals surface area contributed by atoms with Crippen LogP contribution in [0.5, 0.6) is 0 Å². The Labute approximate surface area is 101 Å². The van der Waals surface area contributed by atoms with Crippen molar-refractivity contribution in [1.29, 1.82) is 0 Å². The van der Waals surface area contributed by atoms with E-state index in [4.69, 9.17) is 10.5 Å². The number of hydrogen-bond donors (Lipinski definition) is 1. The monoisotopic (exact) mass is 230 g/mol. The summed E-state index contributed by atoms with van der Waals surface area (Å²) in [5.41, 5.74) is 6.08. The number of nitrogens with zero attached hydrogens (tertiary/aromatic N) is 1. The normalized spacial score (nSPS) is 14.4. The molecule has 0 amide bonds. The number of ether oxygens (including phenoxy) is 1. The van der Waals surface area contributed by atoms with E-state index in [9.17, 15) is 0 Å². The lowest BCUT2D eigenvalue weighted by molar-refractivity contribution is 0.0122. The van der Waals surface area contributed by atoms with Gasteiger partial charge in [-0.25, -0.2) is 0 Å². The maximum Gasteiger partial charge on any atom is 0.0623 e. The quantitative estimate of drug-likeness (QED) is 0.660. The van der Waals surface area contributed by atoms with Crippen LogP contribution in [0.25, 0.3) is 0 Å². The average Bonchev–Trinajstić information content (AvgIpc) is 2.28. The molecule has 0 rings (SSSR count). The zero-order valence-corrected chi connectivity index (χ0v) is 11.8. The smallest absolute Gasteiger partial charge is 0.0623 e. The largest absolute Gasteiger partial charge is 0.379 e. The lowest BCUT2D eigenvalue weighted by Gasteiger charge is -2.25. The van der Waals surface area contributed by atoms with Gasteiger partial charge in [0.2, 0.25) is 0 Å². The van der Waals surface area contributed by atoms with E-state index in [0.29, 0.717) is 6.04 Å². The van der Waals surface area contributed by atoms with E-state index in [1.807, 2.05) is 0 Å². The van der Waals surface area contributed by atoms with Crippen molar-refractivity contribution >= 4 is 0 Å². The minimum absolute atomic E-state index is 0.0349. The van der Waals surface area contributed by atoms with Gasteiger partial charge in [-0.2, -0.15) is 0 Å². The number of methoxy groups -OCH3 is 1. The second-order valence-electron chi connectivity index (χ2n) is 5.08. The van der Waals surface area contributed by atoms with Crippen LogP contribution >= 0.6 is 0 Å². The molecule has 2 N–H and O–H groups in total. The molecule has 0 saturated heterocycles. The fourth-order valence-corrected chi connectivity index (χ4v) is 1.67. The second-order valence-corrected chi connectivity index (χ2v) is 5.08. The first kappa shape index (κ1) is 15.9. The molecule has 98 valence electrons. The van der Waals surface area contributed by atoms with Crippen molar-refractivity contribution in [2.24, 2.45) is 5.73 Å². The van der Waals surface area contributed by atoms with Gasteiger partial charge in [0.15, 0.2) is 0 Å². The van der Waals surface area contributed by atoms with E-state index in [1.165, 1.54) is 0 Å². The molecule has 16 heavy (non-hydrogen) atoms. The molecular weight excluding hydrogens is 200 g/mol. The van der Waals surface area contributed by atoms with Crippen molar-refractivity contribution in [2.75, 3.05) is 26.7 Å². The Morgan fingerprint density at radius 2 is 1.75 bits per heavy atom. The van der Waals surface area contributed by atoms with Gasteiger partial charge in [-0.3, -0.25) is 0 Å². The van der Waals surface area contributed by atoms with Gasteiger partial charge in [-0.1, -0.05) is 13.8 Å². The Morgan fingerprint density at radius 1 is 1.19 bits per heavy atom. The van der Waals surface area contributed by atoms with E-state index in [2.05, 4.69) is 32.6 Å². The first-order valence-corrected chi connectivity index (χ1v) is 6.48. The topological polar surface area (TPSA) is 38.5 Å². The lowest BCUT2D eigenvalue weighted by atomic mass is 9.98. The summed E-state index contributed by atoms with van der Waals surface area (Å²) in [5.74, 6) is 0. The number of rotatable bonds is 9. The molecule has 0 aliphatic carbocycles. The average molecular weight is 230 g/mol. The molecule has 1 unspecified atom stereocenters. The SMILES string of the molecule is CCN(CC)CCC(N)CCC(C)(C)OC. The standard InChI is InChI=1S/C13H30N2O/c1-6-15(7-2)11-9-12(14)8-10-13(3,4)16-5/h12H,6-11,14H2,1-5H3. The van der Waals surface area contributed by atoms with Crippen molar-refractivity contribution in [3.8, 4) is 0 Å². The molecule has 0 aliphatic rings. The summed E-state index contributed by atoms with van der Waals surface area (Å²) in [4.78, 5) is 2.42. The summed E-state index contributed by atoms with van der Waals surface area (Å²) >= 11 is 0. The predicted octanol–water partition coefficient (Wildman–Crippen LogP) is 2.25. The molecule has 0 radical (unpaired) electrons. The van der Waals surface area contributed by atoms with Crippen LogP contribution in [0.3, 0.4) is 0 Å². The molecule has 0 aromatic rings. The summed E-state index contributed by atoms with van der Waals surface area (Å²) < 4.78 is 5.39. The highest BCUT2D eigenvalue weighted by molar-refractivity contribution is 4.73. The summed E-state index contributed by atoms with van der Waals surface area (Å²) in [6.45, 7) is 12.0. The first-order chi connectivity index (χ1) is 7.45. The zero-order valence-electron chi connectivity index (χ0n) is 11.8. The van der Waals surface area contributed by atoms with Crippen LogP contribution in [0.1, 0.15) is 47.0 Å². The minimum Gasteiger partial charge on any atom is -0.379 e. The van der Waals surface area contributed by atoms with Crippen LogP contribution in [0.15, 0.2) is 0 Å². The van der Waals surface area contributed by atoms with Crippen molar-refractivity contribution in [2.45, 2.75) is 58.6 Å². The van der Waals surface area contributed by atoms with E-state index >= 15 is 0 Å². The lowest BCUT2D eigenvalue weighted by Crippen LogP contribution is -2.32. The zero-order chi connectivity index (χ0) is 12.6. The minimum atomic E-state index is -0.0349. The third-order valence-electron chi connectivity index (χ3n) is 3.38. The fourth-order valence-electron chi connectivity index (χ4n) is 1.67. The van der Waals surface area contributed by atoms with E-state index in [-0.39, 0.29) is 5.60 Å². The molecule has 0 aromatic heterocycles. The van der Waals surface area contributed by atoms with Crippen molar-refractivity contribution in [1.82, 2.24) is 4.90 Å². The molecule has 3 heteroatoms. The highest BCUT2D eigenvalue weighted by Crippen LogP contribution is 2.17. The second kappa shape index (κ2) is 8.04. The Bertz CT molecular complexity index is 167. The van der Waals surface area contributed by atoms with Crippen molar-refractivity contribution < 1.29 is 4.74 Å². The summed E-state index contributed by atoms with van der Waals surface area (Å²) in [7, 11) is 1.77. The molecule has 0 aliphatic heterocycles. The maximum atomic E-state index is 6.11. The van der Waals surface area contributed by atoms with Gasteiger partial charge >= 0.3 is 0 Å². The predicted molar refractivity (Wildman–Crippen MR) is 70.7 cm³/mol. The van der Waals surface area contributed by atoms with Crippen molar-refractivity contribution in [3.05, 3.63) is 0 Å². The first-order valence-electron chi connectivity index (χ1n) is 6.48. The Morgan fingerprint density at radius 3 is 2.19 bits per heavy atom. The summed E-state index contributed by atoms with van der Waals surface area (Å²) in [6.07, 6.45) is 3.16. The van der Waals surface area contributed by atoms with Crippen molar-refractivity contribution in [3.63, 3.8) is 0 Å². The Kier molecular flexibility index (Phi) is 7.98. The Hall–Kier alpha value is -0.120. The van der Waals surface area contributed by atoms with Gasteiger partial charge < -0.3 is 15.4 Å². The van der Waals surface area contributed by atoms with Crippen LogP contribution in [0, 0.1) is 0 Å². The molecule has 0 saturated carbocycles. The molecule has 0 fully saturated rings. The van der Waals surface area contributed by atoms with Gasteiger partial charge in [0.05, 0.1) is 5.60 Å². The van der Waals surface area contributed by atoms with E-state index in [1.54, 1.807) is 7.11 Å². The summed E-state index contributed by atoms with van der Waals surface area (Å²) in [6, 6.07) is 0.301. The number of hydrogen-bond acceptors (Lipinski definition) is 3. The van der Waals surface area contributed by atoms with E-state index < -0.39 is 0 Å². The molecule has 3 nitrogen and oxygen atoms in total. The molecule has 1 atom stereocenters. The molecular formula is C13H30N2O. The number of nitrogens with two attached hydrogens (primary N) is 1. The van der Waals surface area contributed by atoms with Gasteiger partial charge in [0.25, 0.3) is 0 Å². The fraction of sp³-hybridized carbons (Fsp3) is 1.00. The Balaban J connectivity index is 3.70. The van der Waals surface area contributed by atoms with Crippen LogP contribution in [-0.4, -0.2) is 43.3 Å². The molecule has 0 aromatic carbocycles. The van der Waals surface area contributed by atoms with Gasteiger partial charge in [-0.15, -0.1) is 0 Å². The summed E-state index contributed by atoms with van der Waals surface area (Å²) in [5, 5.41) is 0.